The van der Waals surface area contributed by atoms with Crippen molar-refractivity contribution >= 4 is 28.5 Å². The van der Waals surface area contributed by atoms with E-state index in [1.54, 1.807) is 13.2 Å². The first-order valence-electron chi connectivity index (χ1n) is 12.7. The number of carbonyl (C=O) groups is 1. The van der Waals surface area contributed by atoms with Gasteiger partial charge in [0.05, 0.1) is 19.2 Å². The second kappa shape index (κ2) is 12.9. The van der Waals surface area contributed by atoms with E-state index in [0.717, 1.165) is 55.4 Å². The molecule has 0 bridgehead atoms. The van der Waals surface area contributed by atoms with Gasteiger partial charge in [-0.1, -0.05) is 23.4 Å². The Bertz CT molecular complexity index is 1280. The van der Waals surface area contributed by atoms with Crippen LogP contribution in [0.3, 0.4) is 0 Å². The molecule has 1 N–H and O–H groups in total. The van der Waals surface area contributed by atoms with Gasteiger partial charge in [0.15, 0.2) is 0 Å². The molecule has 1 fully saturated rings. The van der Waals surface area contributed by atoms with E-state index in [1.165, 1.54) is 17.7 Å². The van der Waals surface area contributed by atoms with Crippen molar-refractivity contribution in [2.24, 2.45) is 11.8 Å². The van der Waals surface area contributed by atoms with Crippen LogP contribution in [-0.2, 0) is 11.2 Å². The van der Waals surface area contributed by atoms with Crippen LogP contribution in [0.4, 0.5) is 4.39 Å². The van der Waals surface area contributed by atoms with Gasteiger partial charge in [0.25, 0.3) is 0 Å². The third-order valence-corrected chi connectivity index (χ3v) is 7.38. The maximum atomic E-state index is 13.6. The Labute approximate surface area is 222 Å². The van der Waals surface area contributed by atoms with Gasteiger partial charge in [-0.15, -0.1) is 0 Å². The molecule has 3 aromatic rings. The normalized spacial score (nSPS) is 17.8. The SMILES string of the molecule is COc1ccc2nccc(CCC[C@@H]3CCN(CC#Cc4cc(F)cc(Cl)c4)C[C@@H]3CCC(=O)O)c2c1. The molecule has 194 valence electrons. The Kier molecular flexibility index (Phi) is 9.38. The summed E-state index contributed by atoms with van der Waals surface area (Å²) in [5, 5.41) is 10.7. The average Bonchev–Trinajstić information content (AvgIpc) is 2.87. The van der Waals surface area contributed by atoms with Crippen LogP contribution in [0.25, 0.3) is 10.9 Å². The van der Waals surface area contributed by atoms with Crippen LogP contribution in [0, 0.1) is 29.5 Å². The van der Waals surface area contributed by atoms with Crippen LogP contribution >= 0.6 is 11.6 Å². The van der Waals surface area contributed by atoms with Gasteiger partial charge in [-0.05, 0) is 98.5 Å². The lowest BCUT2D eigenvalue weighted by atomic mass is 9.79. The van der Waals surface area contributed by atoms with Crippen LogP contribution in [-0.4, -0.2) is 47.7 Å². The van der Waals surface area contributed by atoms with Gasteiger partial charge >= 0.3 is 5.97 Å². The summed E-state index contributed by atoms with van der Waals surface area (Å²) in [6, 6.07) is 12.3. The number of ether oxygens (including phenoxy) is 1. The molecule has 1 aliphatic rings. The zero-order valence-electron chi connectivity index (χ0n) is 21.1. The lowest BCUT2D eigenvalue weighted by Crippen LogP contribution is -2.41. The highest BCUT2D eigenvalue weighted by atomic mass is 35.5. The van der Waals surface area contributed by atoms with Gasteiger partial charge in [-0.25, -0.2) is 4.39 Å². The number of likely N-dealkylation sites (tertiary alicyclic amines) is 1. The maximum Gasteiger partial charge on any atom is 0.303 e. The predicted octanol–water partition coefficient (Wildman–Crippen LogP) is 6.21. The largest absolute Gasteiger partial charge is 0.497 e. The van der Waals surface area contributed by atoms with E-state index in [1.807, 2.05) is 24.4 Å². The number of methoxy groups -OCH3 is 1. The van der Waals surface area contributed by atoms with E-state index in [4.69, 9.17) is 16.3 Å². The number of pyridine rings is 1. The van der Waals surface area contributed by atoms with Gasteiger partial charge in [-0.3, -0.25) is 14.7 Å². The zero-order valence-corrected chi connectivity index (χ0v) is 21.8. The molecule has 5 nitrogen and oxygen atoms in total. The fraction of sp³-hybridized carbons (Fsp3) is 0.400. The Balaban J connectivity index is 1.36. The van der Waals surface area contributed by atoms with Crippen LogP contribution in [0.2, 0.25) is 5.02 Å². The second-order valence-corrected chi connectivity index (χ2v) is 10.1. The Morgan fingerprint density at radius 3 is 2.86 bits per heavy atom. The third kappa shape index (κ3) is 7.67. The zero-order chi connectivity index (χ0) is 26.2. The van der Waals surface area contributed by atoms with Crippen molar-refractivity contribution in [1.29, 1.82) is 0 Å². The number of rotatable bonds is 9. The molecule has 37 heavy (non-hydrogen) atoms. The van der Waals surface area contributed by atoms with Crippen molar-refractivity contribution in [2.75, 3.05) is 26.7 Å². The van der Waals surface area contributed by atoms with Crippen molar-refractivity contribution in [3.8, 4) is 17.6 Å². The minimum absolute atomic E-state index is 0.178. The molecule has 2 aromatic carbocycles. The van der Waals surface area contributed by atoms with E-state index in [-0.39, 0.29) is 6.42 Å². The number of nitrogens with zero attached hydrogens (tertiary/aromatic N) is 2. The summed E-state index contributed by atoms with van der Waals surface area (Å²) in [6.45, 7) is 2.31. The van der Waals surface area contributed by atoms with E-state index >= 15 is 0 Å². The standard InChI is InChI=1S/C30H32ClFN2O3/c1-37-27-8-9-29-28(19-27)23(11-13-33-29)6-2-5-22-12-15-34(20-24(22)7-10-30(35)36)14-3-4-21-16-25(31)18-26(32)17-21/h8-9,11,13,16-19,22,24H,2,5-7,10,12,14-15,20H2,1H3,(H,35,36)/t22-,24+/m1/s1. The molecular formula is C30H32ClFN2O3. The predicted molar refractivity (Wildman–Crippen MR) is 144 cm³/mol. The number of piperidine rings is 1. The monoisotopic (exact) mass is 522 g/mol. The summed E-state index contributed by atoms with van der Waals surface area (Å²) in [5.41, 5.74) is 2.78. The van der Waals surface area contributed by atoms with Crippen molar-refractivity contribution in [3.05, 3.63) is 70.6 Å². The Morgan fingerprint density at radius 2 is 2.08 bits per heavy atom. The number of aromatic nitrogens is 1. The highest BCUT2D eigenvalue weighted by Gasteiger charge is 2.29. The molecule has 0 saturated carbocycles. The molecule has 2 heterocycles. The van der Waals surface area contributed by atoms with Crippen molar-refractivity contribution in [2.45, 2.75) is 38.5 Å². The molecule has 0 spiro atoms. The van der Waals surface area contributed by atoms with Crippen LogP contribution in [0.5, 0.6) is 5.75 Å². The quantitative estimate of drug-likeness (QED) is 0.338. The smallest absolute Gasteiger partial charge is 0.303 e. The molecule has 7 heteroatoms. The minimum Gasteiger partial charge on any atom is -0.497 e. The number of halogens is 2. The van der Waals surface area contributed by atoms with Gasteiger partial charge in [0, 0.05) is 35.1 Å². The molecule has 2 atom stereocenters. The topological polar surface area (TPSA) is 62.7 Å². The first kappa shape index (κ1) is 26.9. The number of hydrogen-bond acceptors (Lipinski definition) is 4. The van der Waals surface area contributed by atoms with Gasteiger partial charge in [-0.2, -0.15) is 0 Å². The van der Waals surface area contributed by atoms with Crippen molar-refractivity contribution < 1.29 is 19.0 Å². The molecule has 4 rings (SSSR count). The van der Waals surface area contributed by atoms with E-state index in [0.29, 0.717) is 35.4 Å². The van der Waals surface area contributed by atoms with E-state index in [9.17, 15) is 14.3 Å². The number of fused-ring (bicyclic) bond motifs is 1. The summed E-state index contributed by atoms with van der Waals surface area (Å²) in [4.78, 5) is 18.0. The molecule has 0 radical (unpaired) electrons. The van der Waals surface area contributed by atoms with Crippen molar-refractivity contribution in [1.82, 2.24) is 9.88 Å². The molecule has 0 amide bonds. The molecule has 1 saturated heterocycles. The molecule has 0 aliphatic carbocycles. The first-order valence-corrected chi connectivity index (χ1v) is 13.1. The third-order valence-electron chi connectivity index (χ3n) is 7.16. The van der Waals surface area contributed by atoms with Crippen molar-refractivity contribution in [3.63, 3.8) is 0 Å². The van der Waals surface area contributed by atoms with Gasteiger partial charge in [0.1, 0.15) is 11.6 Å². The number of benzene rings is 2. The van der Waals surface area contributed by atoms with E-state index < -0.39 is 11.8 Å². The van der Waals surface area contributed by atoms with Crippen LogP contribution < -0.4 is 4.74 Å². The number of aryl methyl sites for hydroxylation is 1. The van der Waals surface area contributed by atoms with Gasteiger partial charge < -0.3 is 9.84 Å². The fourth-order valence-electron chi connectivity index (χ4n) is 5.28. The maximum absolute atomic E-state index is 13.6. The second-order valence-electron chi connectivity index (χ2n) is 9.68. The van der Waals surface area contributed by atoms with E-state index in [2.05, 4.69) is 27.8 Å². The Hall–Kier alpha value is -3.14. The summed E-state index contributed by atoms with van der Waals surface area (Å²) >= 11 is 5.92. The summed E-state index contributed by atoms with van der Waals surface area (Å²) < 4.78 is 19.0. The van der Waals surface area contributed by atoms with Crippen LogP contribution in [0.15, 0.2) is 48.7 Å². The number of hydrogen-bond donors (Lipinski definition) is 1. The Morgan fingerprint density at radius 1 is 1.22 bits per heavy atom. The summed E-state index contributed by atoms with van der Waals surface area (Å²) in [6.07, 6.45) is 6.75. The van der Waals surface area contributed by atoms with Crippen LogP contribution in [0.1, 0.15) is 43.2 Å². The minimum atomic E-state index is -0.754. The average molecular weight is 523 g/mol. The number of carboxylic acids is 1. The van der Waals surface area contributed by atoms with Gasteiger partial charge in [0.2, 0.25) is 0 Å². The summed E-state index contributed by atoms with van der Waals surface area (Å²) in [7, 11) is 1.67. The molecule has 1 aromatic heterocycles. The highest BCUT2D eigenvalue weighted by molar-refractivity contribution is 6.30. The fourth-order valence-corrected chi connectivity index (χ4v) is 5.50. The molecule has 1 aliphatic heterocycles. The number of aliphatic carboxylic acids is 1. The molecular weight excluding hydrogens is 491 g/mol. The lowest BCUT2D eigenvalue weighted by Gasteiger charge is -2.38. The number of carboxylic acid groups (broad SMARTS) is 1. The first-order chi connectivity index (χ1) is 17.9. The molecule has 0 unspecified atom stereocenters. The lowest BCUT2D eigenvalue weighted by molar-refractivity contribution is -0.137. The highest BCUT2D eigenvalue weighted by Crippen LogP contribution is 2.32. The summed E-state index contributed by atoms with van der Waals surface area (Å²) in [5.74, 6) is 6.60.